The molecular formula is C23H22ClN3O5S. The number of ether oxygens (including phenoxy) is 2. The third-order valence-electron chi connectivity index (χ3n) is 4.67. The predicted molar refractivity (Wildman–Crippen MR) is 125 cm³/mol. The minimum absolute atomic E-state index is 0.0335. The number of nitriles is 1. The number of allylic oxidation sites excluding steroid dienone is 2. The number of esters is 1. The van der Waals surface area contributed by atoms with Gasteiger partial charge in [-0.15, -0.1) is 0 Å². The van der Waals surface area contributed by atoms with Crippen LogP contribution in [-0.2, 0) is 19.1 Å². The average Bonchev–Trinajstić information content (AvgIpc) is 3.32. The van der Waals surface area contributed by atoms with E-state index in [2.05, 4.69) is 16.7 Å². The van der Waals surface area contributed by atoms with Crippen molar-refractivity contribution >= 4 is 40.9 Å². The van der Waals surface area contributed by atoms with Gasteiger partial charge in [0, 0.05) is 23.5 Å². The summed E-state index contributed by atoms with van der Waals surface area (Å²) in [7, 11) is 1.51. The summed E-state index contributed by atoms with van der Waals surface area (Å²) in [5.74, 6) is -1.15. The first-order chi connectivity index (χ1) is 15.9. The molecule has 0 unspecified atom stereocenters. The zero-order valence-electron chi connectivity index (χ0n) is 18.0. The Morgan fingerprint density at radius 2 is 2.12 bits per heavy atom. The van der Waals surface area contributed by atoms with Crippen molar-refractivity contribution in [2.75, 3.05) is 31.4 Å². The van der Waals surface area contributed by atoms with Crippen molar-refractivity contribution in [3.63, 3.8) is 0 Å². The number of thioether (sulfide) groups is 1. The van der Waals surface area contributed by atoms with E-state index < -0.39 is 11.9 Å². The predicted octanol–water partition coefficient (Wildman–Crippen LogP) is 4.19. The molecule has 1 amide bonds. The minimum atomic E-state index is -0.764. The molecule has 1 aliphatic heterocycles. The first kappa shape index (κ1) is 24.5. The lowest BCUT2D eigenvalue weighted by Gasteiger charge is -2.27. The number of rotatable bonds is 9. The van der Waals surface area contributed by atoms with E-state index in [0.717, 1.165) is 11.8 Å². The fraction of sp³-hybridized carbons (Fsp3) is 0.261. The fourth-order valence-electron chi connectivity index (χ4n) is 3.23. The number of halogens is 1. The Morgan fingerprint density at radius 1 is 1.30 bits per heavy atom. The number of benzene rings is 1. The molecule has 1 aliphatic rings. The molecule has 0 fully saturated rings. The topological polar surface area (TPSA) is 114 Å². The zero-order valence-corrected chi connectivity index (χ0v) is 19.6. The van der Waals surface area contributed by atoms with Gasteiger partial charge < -0.3 is 24.5 Å². The van der Waals surface area contributed by atoms with E-state index in [0.29, 0.717) is 27.2 Å². The van der Waals surface area contributed by atoms with Crippen LogP contribution in [0.5, 0.6) is 0 Å². The largest absolute Gasteiger partial charge is 0.468 e. The molecule has 1 atom stereocenters. The first-order valence-corrected chi connectivity index (χ1v) is 11.3. The number of anilines is 1. The Hall–Kier alpha value is -3.19. The molecule has 0 aliphatic carbocycles. The number of furan rings is 1. The molecule has 0 spiro atoms. The third kappa shape index (κ3) is 6.20. The molecule has 0 bridgehead atoms. The Labute approximate surface area is 200 Å². The van der Waals surface area contributed by atoms with Gasteiger partial charge in [-0.25, -0.2) is 4.79 Å². The van der Waals surface area contributed by atoms with Crippen molar-refractivity contribution in [1.29, 1.82) is 5.26 Å². The first-order valence-electron chi connectivity index (χ1n) is 9.94. The maximum absolute atomic E-state index is 12.8. The minimum Gasteiger partial charge on any atom is -0.468 e. The average molecular weight is 488 g/mol. The summed E-state index contributed by atoms with van der Waals surface area (Å²) in [6.45, 7) is 2.04. The molecule has 2 heterocycles. The van der Waals surface area contributed by atoms with Crippen LogP contribution in [0.1, 0.15) is 18.6 Å². The number of hydrogen-bond acceptors (Lipinski definition) is 8. The van der Waals surface area contributed by atoms with E-state index in [9.17, 15) is 14.9 Å². The van der Waals surface area contributed by atoms with E-state index in [-0.39, 0.29) is 36.0 Å². The molecule has 172 valence electrons. The number of carbonyl (C=O) groups is 2. The van der Waals surface area contributed by atoms with Crippen molar-refractivity contribution in [3.8, 4) is 6.07 Å². The second-order valence-corrected chi connectivity index (χ2v) is 8.36. The highest BCUT2D eigenvalue weighted by Gasteiger charge is 2.37. The summed E-state index contributed by atoms with van der Waals surface area (Å²) in [6.07, 6.45) is 1.47. The van der Waals surface area contributed by atoms with E-state index >= 15 is 0 Å². The monoisotopic (exact) mass is 487 g/mol. The van der Waals surface area contributed by atoms with Crippen molar-refractivity contribution in [2.24, 2.45) is 0 Å². The van der Waals surface area contributed by atoms with Gasteiger partial charge in [0.05, 0.1) is 46.8 Å². The molecule has 2 aromatic rings. The zero-order chi connectivity index (χ0) is 23.8. The Bertz CT molecular complexity index is 1120. The number of carbonyl (C=O) groups excluding carboxylic acids is 2. The number of nitrogens with zero attached hydrogens (tertiary/aromatic N) is 1. The number of methoxy groups -OCH3 is 1. The van der Waals surface area contributed by atoms with Gasteiger partial charge in [-0.05, 0) is 37.3 Å². The van der Waals surface area contributed by atoms with Crippen molar-refractivity contribution in [1.82, 2.24) is 5.32 Å². The molecule has 2 N–H and O–H groups in total. The Balaban J connectivity index is 1.81. The van der Waals surface area contributed by atoms with E-state index in [1.165, 1.54) is 13.4 Å². The lowest BCUT2D eigenvalue weighted by Crippen LogP contribution is -2.29. The van der Waals surface area contributed by atoms with Crippen LogP contribution in [0, 0.1) is 11.3 Å². The van der Waals surface area contributed by atoms with Gasteiger partial charge >= 0.3 is 5.97 Å². The lowest BCUT2D eigenvalue weighted by atomic mass is 9.86. The Kier molecular flexibility index (Phi) is 8.60. The van der Waals surface area contributed by atoms with Gasteiger partial charge in [-0.3, -0.25) is 4.79 Å². The van der Waals surface area contributed by atoms with Crippen molar-refractivity contribution < 1.29 is 23.5 Å². The Morgan fingerprint density at radius 3 is 2.79 bits per heavy atom. The molecule has 0 saturated carbocycles. The molecule has 10 heteroatoms. The summed E-state index contributed by atoms with van der Waals surface area (Å²) in [4.78, 5) is 25.3. The molecule has 1 aromatic carbocycles. The van der Waals surface area contributed by atoms with Gasteiger partial charge in [0.2, 0.25) is 5.91 Å². The van der Waals surface area contributed by atoms with E-state index in [4.69, 9.17) is 25.5 Å². The lowest BCUT2D eigenvalue weighted by molar-refractivity contribution is -0.140. The summed E-state index contributed by atoms with van der Waals surface area (Å²) < 4.78 is 15.8. The van der Waals surface area contributed by atoms with Gasteiger partial charge in [-0.2, -0.15) is 5.26 Å². The van der Waals surface area contributed by atoms with Crippen LogP contribution in [-0.4, -0.2) is 38.0 Å². The van der Waals surface area contributed by atoms with Crippen LogP contribution in [0.2, 0.25) is 5.02 Å². The smallest absolute Gasteiger partial charge is 0.336 e. The highest BCUT2D eigenvalue weighted by molar-refractivity contribution is 8.03. The van der Waals surface area contributed by atoms with Crippen LogP contribution in [0.3, 0.4) is 0 Å². The standard InChI is InChI=1S/C23H22ClN3O5S/c1-14-20(23(29)32-10-9-30-2)21(18-7-4-8-31-18)17(12-25)22(26-14)33-13-19(28)27-16-6-3-5-15(24)11-16/h3-8,11,21,26H,9-10,13H2,1-2H3,(H,27,28)/t21-/m1/s1. The highest BCUT2D eigenvalue weighted by Crippen LogP contribution is 2.41. The molecule has 3 rings (SSSR count). The van der Waals surface area contributed by atoms with Crippen molar-refractivity contribution in [3.05, 3.63) is 75.3 Å². The van der Waals surface area contributed by atoms with Crippen molar-refractivity contribution in [2.45, 2.75) is 12.8 Å². The third-order valence-corrected chi connectivity index (χ3v) is 5.92. The highest BCUT2D eigenvalue weighted by atomic mass is 35.5. The summed E-state index contributed by atoms with van der Waals surface area (Å²) in [5, 5.41) is 16.8. The number of nitrogens with one attached hydrogen (secondary N) is 2. The van der Waals surface area contributed by atoms with Crippen LogP contribution in [0.25, 0.3) is 0 Å². The molecule has 0 radical (unpaired) electrons. The second kappa shape index (κ2) is 11.6. The second-order valence-electron chi connectivity index (χ2n) is 6.94. The van der Waals surface area contributed by atoms with Gasteiger partial charge in [0.15, 0.2) is 0 Å². The van der Waals surface area contributed by atoms with Crippen LogP contribution < -0.4 is 10.6 Å². The number of amides is 1. The maximum Gasteiger partial charge on any atom is 0.336 e. The van der Waals surface area contributed by atoms with Crippen LogP contribution >= 0.6 is 23.4 Å². The quantitative estimate of drug-likeness (QED) is 0.400. The van der Waals surface area contributed by atoms with Gasteiger partial charge in [0.25, 0.3) is 0 Å². The van der Waals surface area contributed by atoms with E-state index in [1.807, 2.05) is 0 Å². The molecule has 8 nitrogen and oxygen atoms in total. The number of hydrogen-bond donors (Lipinski definition) is 2. The van der Waals surface area contributed by atoms with Crippen LogP contribution in [0.4, 0.5) is 5.69 Å². The van der Waals surface area contributed by atoms with Crippen LogP contribution in [0.15, 0.2) is 69.0 Å². The maximum atomic E-state index is 12.8. The van der Waals surface area contributed by atoms with E-state index in [1.54, 1.807) is 43.3 Å². The summed E-state index contributed by atoms with van der Waals surface area (Å²) >= 11 is 7.11. The van der Waals surface area contributed by atoms with Gasteiger partial charge in [-0.1, -0.05) is 29.4 Å². The SMILES string of the molecule is COCCOC(=O)C1=C(C)NC(SCC(=O)Nc2cccc(Cl)c2)=C(C#N)[C@@H]1c1ccco1. The molecule has 1 aromatic heterocycles. The summed E-state index contributed by atoms with van der Waals surface area (Å²) in [5.41, 5.74) is 1.61. The normalized spacial score (nSPS) is 15.6. The molecular weight excluding hydrogens is 466 g/mol. The summed E-state index contributed by atoms with van der Waals surface area (Å²) in [6, 6.07) is 12.4. The molecule has 0 saturated heterocycles. The molecule has 33 heavy (non-hydrogen) atoms. The van der Waals surface area contributed by atoms with Gasteiger partial charge in [0.1, 0.15) is 12.4 Å². The fourth-order valence-corrected chi connectivity index (χ4v) is 4.32. The number of dihydropyridines is 1.